The molecule has 96 valence electrons. The fourth-order valence-electron chi connectivity index (χ4n) is 1.24. The van der Waals surface area contributed by atoms with Gasteiger partial charge in [-0.1, -0.05) is 6.07 Å². The van der Waals surface area contributed by atoms with E-state index in [0.29, 0.717) is 5.56 Å². The molecule has 0 radical (unpaired) electrons. The predicted octanol–water partition coefficient (Wildman–Crippen LogP) is 1.45. The highest BCUT2D eigenvalue weighted by atomic mass is 32.2. The van der Waals surface area contributed by atoms with Crippen LogP contribution in [0.4, 0.5) is 11.4 Å². The van der Waals surface area contributed by atoms with Crippen molar-refractivity contribution in [2.75, 3.05) is 11.2 Å². The summed E-state index contributed by atoms with van der Waals surface area (Å²) in [6.07, 6.45) is 0. The Morgan fingerprint density at radius 2 is 2.28 bits per heavy atom. The van der Waals surface area contributed by atoms with Gasteiger partial charge >= 0.3 is 0 Å². The summed E-state index contributed by atoms with van der Waals surface area (Å²) in [7, 11) is 0. The first-order valence-corrected chi connectivity index (χ1v) is 6.30. The Balaban J connectivity index is 3.00. The van der Waals surface area contributed by atoms with Crippen molar-refractivity contribution in [2.24, 2.45) is 4.99 Å². The predicted molar refractivity (Wildman–Crippen MR) is 69.2 cm³/mol. The third kappa shape index (κ3) is 4.30. The standard InChI is InChI=1S/C9H9N3O4S2/c13-12(14)9-3-7(4-10-5-17)1-2-8(9)11-6-18(15)16/h1-3,11H,4,6H2,(H,15,16)/p-1. The van der Waals surface area contributed by atoms with Crippen LogP contribution in [0.1, 0.15) is 5.56 Å². The molecule has 1 rings (SSSR count). The van der Waals surface area contributed by atoms with E-state index < -0.39 is 21.9 Å². The molecule has 1 aromatic rings. The zero-order valence-corrected chi connectivity index (χ0v) is 10.6. The van der Waals surface area contributed by atoms with Gasteiger partial charge in [-0.05, 0) is 34.9 Å². The van der Waals surface area contributed by atoms with Crippen LogP contribution in [0.25, 0.3) is 0 Å². The minimum Gasteiger partial charge on any atom is -0.771 e. The van der Waals surface area contributed by atoms with Crippen molar-refractivity contribution in [1.29, 1.82) is 0 Å². The lowest BCUT2D eigenvalue weighted by Gasteiger charge is -2.09. The molecule has 0 saturated carbocycles. The number of thiocarbonyl (C=S) groups is 1. The van der Waals surface area contributed by atoms with Crippen molar-refractivity contribution in [3.8, 4) is 0 Å². The molecule has 0 heterocycles. The van der Waals surface area contributed by atoms with Crippen molar-refractivity contribution in [2.45, 2.75) is 6.54 Å². The lowest BCUT2D eigenvalue weighted by atomic mass is 10.1. The van der Waals surface area contributed by atoms with Crippen LogP contribution in [0, 0.1) is 10.1 Å². The number of anilines is 1. The van der Waals surface area contributed by atoms with Crippen LogP contribution in [-0.2, 0) is 17.6 Å². The minimum absolute atomic E-state index is 0.138. The van der Waals surface area contributed by atoms with E-state index in [2.05, 4.69) is 27.7 Å². The SMILES string of the molecule is O=[N+]([O-])c1cc(CN=C=S)ccc1NCS(=O)[O-]. The Morgan fingerprint density at radius 1 is 1.56 bits per heavy atom. The van der Waals surface area contributed by atoms with Gasteiger partial charge in [0.25, 0.3) is 5.69 Å². The van der Waals surface area contributed by atoms with Crippen LogP contribution in [0.3, 0.4) is 0 Å². The molecule has 1 atom stereocenters. The number of hydrogen-bond donors (Lipinski definition) is 1. The van der Waals surface area contributed by atoms with Gasteiger partial charge in [0, 0.05) is 6.07 Å². The molecule has 1 N–H and O–H groups in total. The first kappa shape index (κ1) is 14.4. The summed E-state index contributed by atoms with van der Waals surface area (Å²) in [5, 5.41) is 15.5. The summed E-state index contributed by atoms with van der Waals surface area (Å²) in [4.78, 5) is 13.9. The van der Waals surface area contributed by atoms with Crippen molar-refractivity contribution in [1.82, 2.24) is 0 Å². The van der Waals surface area contributed by atoms with Crippen LogP contribution in [0.5, 0.6) is 0 Å². The molecule has 0 aromatic heterocycles. The van der Waals surface area contributed by atoms with E-state index in [0.717, 1.165) is 0 Å². The second-order valence-electron chi connectivity index (χ2n) is 3.14. The molecule has 1 aromatic carbocycles. The number of nitrogens with zero attached hydrogens (tertiary/aromatic N) is 2. The first-order chi connectivity index (χ1) is 8.54. The molecule has 0 aliphatic carbocycles. The number of nitrogens with one attached hydrogen (secondary N) is 1. The number of rotatable bonds is 6. The van der Waals surface area contributed by atoms with Gasteiger partial charge in [0.15, 0.2) is 0 Å². The molecule has 0 fully saturated rings. The zero-order chi connectivity index (χ0) is 13.5. The minimum atomic E-state index is -2.32. The summed E-state index contributed by atoms with van der Waals surface area (Å²) in [5.74, 6) is -0.391. The van der Waals surface area contributed by atoms with Gasteiger partial charge in [0.1, 0.15) is 5.69 Å². The Morgan fingerprint density at radius 3 is 2.83 bits per heavy atom. The largest absolute Gasteiger partial charge is 0.771 e. The summed E-state index contributed by atoms with van der Waals surface area (Å²) in [6.45, 7) is 0.193. The third-order valence-corrected chi connectivity index (χ3v) is 2.47. The summed E-state index contributed by atoms with van der Waals surface area (Å²) in [5.41, 5.74) is 0.518. The Hall–Kier alpha value is -1.67. The van der Waals surface area contributed by atoms with Crippen LogP contribution >= 0.6 is 12.2 Å². The average molecular weight is 286 g/mol. The highest BCUT2D eigenvalue weighted by molar-refractivity contribution is 7.79. The monoisotopic (exact) mass is 286 g/mol. The maximum atomic E-state index is 10.8. The van der Waals surface area contributed by atoms with E-state index in [1.807, 2.05) is 0 Å². The molecule has 9 heteroatoms. The number of hydrogen-bond acceptors (Lipinski definition) is 7. The van der Waals surface area contributed by atoms with Gasteiger partial charge in [0.2, 0.25) is 0 Å². The van der Waals surface area contributed by atoms with Crippen LogP contribution in [0.2, 0.25) is 0 Å². The molecule has 0 bridgehead atoms. The van der Waals surface area contributed by atoms with Crippen molar-refractivity contribution < 1.29 is 13.7 Å². The number of isothiocyanates is 1. The molecule has 0 amide bonds. The Bertz CT molecular complexity index is 529. The van der Waals surface area contributed by atoms with Crippen LogP contribution in [0.15, 0.2) is 23.2 Å². The fourth-order valence-corrected chi connectivity index (χ4v) is 1.57. The molecule has 0 aliphatic rings. The number of aliphatic imine (C=N–C) groups is 1. The van der Waals surface area contributed by atoms with Gasteiger partial charge in [-0.3, -0.25) is 14.3 Å². The molecular weight excluding hydrogens is 278 g/mol. The van der Waals surface area contributed by atoms with Crippen LogP contribution < -0.4 is 5.32 Å². The van der Waals surface area contributed by atoms with Gasteiger partial charge in [-0.2, -0.15) is 0 Å². The van der Waals surface area contributed by atoms with Gasteiger partial charge in [-0.15, -0.1) is 0 Å². The smallest absolute Gasteiger partial charge is 0.292 e. The van der Waals surface area contributed by atoms with E-state index >= 15 is 0 Å². The normalized spacial score (nSPS) is 11.4. The first-order valence-electron chi connectivity index (χ1n) is 4.65. The van der Waals surface area contributed by atoms with E-state index in [-0.39, 0.29) is 17.9 Å². The Labute approximate surface area is 110 Å². The van der Waals surface area contributed by atoms with E-state index in [1.165, 1.54) is 12.1 Å². The quantitative estimate of drug-likeness (QED) is 0.279. The van der Waals surface area contributed by atoms with E-state index in [1.54, 1.807) is 6.07 Å². The fraction of sp³-hybridized carbons (Fsp3) is 0.222. The van der Waals surface area contributed by atoms with E-state index in [9.17, 15) is 18.9 Å². The summed E-state index contributed by atoms with van der Waals surface area (Å²) < 4.78 is 20.8. The number of benzene rings is 1. The average Bonchev–Trinajstić information content (AvgIpc) is 2.34. The summed E-state index contributed by atoms with van der Waals surface area (Å²) in [6, 6.07) is 4.34. The van der Waals surface area contributed by atoms with Gasteiger partial charge < -0.3 is 9.87 Å². The second kappa shape index (κ2) is 6.92. The Kier molecular flexibility index (Phi) is 5.53. The molecular formula is C9H8N3O4S2-. The molecule has 1 unspecified atom stereocenters. The van der Waals surface area contributed by atoms with Crippen molar-refractivity contribution >= 4 is 39.8 Å². The third-order valence-electron chi connectivity index (χ3n) is 1.97. The van der Waals surface area contributed by atoms with Crippen molar-refractivity contribution in [3.05, 3.63) is 33.9 Å². The maximum Gasteiger partial charge on any atom is 0.292 e. The molecule has 18 heavy (non-hydrogen) atoms. The molecule has 0 spiro atoms. The van der Waals surface area contributed by atoms with Gasteiger partial charge in [0.05, 0.1) is 22.5 Å². The van der Waals surface area contributed by atoms with Gasteiger partial charge in [-0.25, -0.2) is 4.99 Å². The summed E-state index contributed by atoms with van der Waals surface area (Å²) >= 11 is 2.08. The van der Waals surface area contributed by atoms with Crippen molar-refractivity contribution in [3.63, 3.8) is 0 Å². The number of nitro benzene ring substituents is 1. The molecule has 0 saturated heterocycles. The van der Waals surface area contributed by atoms with Crippen LogP contribution in [-0.4, -0.2) is 24.7 Å². The topological polar surface area (TPSA) is 108 Å². The molecule has 7 nitrogen and oxygen atoms in total. The lowest BCUT2D eigenvalue weighted by Crippen LogP contribution is -2.09. The maximum absolute atomic E-state index is 10.8. The lowest BCUT2D eigenvalue weighted by molar-refractivity contribution is -0.384. The number of nitro groups is 1. The molecule has 0 aliphatic heterocycles. The highest BCUT2D eigenvalue weighted by Crippen LogP contribution is 2.25. The highest BCUT2D eigenvalue weighted by Gasteiger charge is 2.14. The van der Waals surface area contributed by atoms with E-state index in [4.69, 9.17) is 0 Å². The second-order valence-corrected chi connectivity index (χ2v) is 4.22. The zero-order valence-electron chi connectivity index (χ0n) is 8.99.